The van der Waals surface area contributed by atoms with E-state index >= 15 is 0 Å². The van der Waals surface area contributed by atoms with Crippen molar-refractivity contribution >= 4 is 0 Å². The minimum absolute atomic E-state index is 0.300. The molecular weight excluding hydrogens is 162 g/mol. The van der Waals surface area contributed by atoms with Crippen LogP contribution in [-0.4, -0.2) is 11.7 Å². The summed E-state index contributed by atoms with van der Waals surface area (Å²) in [7, 11) is 0. The average Bonchev–Trinajstić information content (AvgIpc) is 3.00. The standard InChI is InChI=1S/C11H15NO/c12-7-11(13)10-3-1-2-9(6-10)8-4-5-8/h1-3,6,8,11,13H,4-5,7,12H2/t11-/m0/s1. The molecule has 0 aliphatic heterocycles. The van der Waals surface area contributed by atoms with Gasteiger partial charge in [-0.05, 0) is 29.9 Å². The van der Waals surface area contributed by atoms with Crippen LogP contribution in [0.2, 0.25) is 0 Å². The second kappa shape index (κ2) is 3.48. The van der Waals surface area contributed by atoms with Crippen molar-refractivity contribution in [2.75, 3.05) is 6.54 Å². The summed E-state index contributed by atoms with van der Waals surface area (Å²) in [6, 6.07) is 8.14. The first-order valence-electron chi connectivity index (χ1n) is 4.79. The number of rotatable bonds is 3. The van der Waals surface area contributed by atoms with E-state index < -0.39 is 6.10 Å². The molecule has 2 nitrogen and oxygen atoms in total. The van der Waals surface area contributed by atoms with Crippen molar-refractivity contribution < 1.29 is 5.11 Å². The van der Waals surface area contributed by atoms with Crippen molar-refractivity contribution in [3.05, 3.63) is 35.4 Å². The highest BCUT2D eigenvalue weighted by Gasteiger charge is 2.23. The molecule has 2 rings (SSSR count). The van der Waals surface area contributed by atoms with E-state index in [0.29, 0.717) is 6.54 Å². The van der Waals surface area contributed by atoms with Crippen molar-refractivity contribution in [1.82, 2.24) is 0 Å². The molecule has 1 atom stereocenters. The summed E-state index contributed by atoms with van der Waals surface area (Å²) in [4.78, 5) is 0. The van der Waals surface area contributed by atoms with Crippen LogP contribution in [0.25, 0.3) is 0 Å². The Labute approximate surface area is 78.4 Å². The van der Waals surface area contributed by atoms with Crippen molar-refractivity contribution in [2.45, 2.75) is 24.9 Å². The molecule has 13 heavy (non-hydrogen) atoms. The number of aliphatic hydroxyl groups excluding tert-OH is 1. The van der Waals surface area contributed by atoms with Gasteiger partial charge in [0.05, 0.1) is 6.10 Å². The van der Waals surface area contributed by atoms with E-state index in [1.54, 1.807) is 0 Å². The number of benzene rings is 1. The summed E-state index contributed by atoms with van der Waals surface area (Å²) >= 11 is 0. The van der Waals surface area contributed by atoms with Crippen LogP contribution in [0.3, 0.4) is 0 Å². The minimum atomic E-state index is -0.501. The summed E-state index contributed by atoms with van der Waals surface area (Å²) in [6.45, 7) is 0.300. The molecule has 0 spiro atoms. The van der Waals surface area contributed by atoms with Gasteiger partial charge in [0, 0.05) is 6.54 Å². The smallest absolute Gasteiger partial charge is 0.0912 e. The Hall–Kier alpha value is -0.860. The molecule has 1 aromatic carbocycles. The van der Waals surface area contributed by atoms with E-state index in [9.17, 15) is 5.11 Å². The average molecular weight is 177 g/mol. The quantitative estimate of drug-likeness (QED) is 0.736. The highest BCUT2D eigenvalue weighted by Crippen LogP contribution is 2.40. The third-order valence-electron chi connectivity index (χ3n) is 2.57. The third-order valence-corrected chi connectivity index (χ3v) is 2.57. The third kappa shape index (κ3) is 1.90. The predicted octanol–water partition coefficient (Wildman–Crippen LogP) is 1.56. The molecule has 0 unspecified atom stereocenters. The predicted molar refractivity (Wildman–Crippen MR) is 52.4 cm³/mol. The molecule has 0 bridgehead atoms. The lowest BCUT2D eigenvalue weighted by Crippen LogP contribution is -2.11. The van der Waals surface area contributed by atoms with Gasteiger partial charge in [-0.25, -0.2) is 0 Å². The molecule has 1 aliphatic rings. The van der Waals surface area contributed by atoms with Gasteiger partial charge in [0.2, 0.25) is 0 Å². The van der Waals surface area contributed by atoms with Gasteiger partial charge in [-0.15, -0.1) is 0 Å². The SMILES string of the molecule is NC[C@H](O)c1cccc(C2CC2)c1. The van der Waals surface area contributed by atoms with Crippen molar-refractivity contribution in [3.8, 4) is 0 Å². The second-order valence-electron chi connectivity index (χ2n) is 3.70. The Bertz CT molecular complexity index is 294. The van der Waals surface area contributed by atoms with Gasteiger partial charge in [-0.2, -0.15) is 0 Å². The number of hydrogen-bond acceptors (Lipinski definition) is 2. The Morgan fingerprint density at radius 3 is 2.85 bits per heavy atom. The van der Waals surface area contributed by atoms with E-state index in [1.807, 2.05) is 12.1 Å². The fourth-order valence-corrected chi connectivity index (χ4v) is 1.57. The lowest BCUT2D eigenvalue weighted by Gasteiger charge is -2.09. The van der Waals surface area contributed by atoms with Crippen LogP contribution < -0.4 is 5.73 Å². The second-order valence-corrected chi connectivity index (χ2v) is 3.70. The van der Waals surface area contributed by atoms with Gasteiger partial charge >= 0.3 is 0 Å². The van der Waals surface area contributed by atoms with E-state index in [4.69, 9.17) is 5.73 Å². The summed E-state index contributed by atoms with van der Waals surface area (Å²) in [6.07, 6.45) is 2.09. The van der Waals surface area contributed by atoms with Crippen molar-refractivity contribution in [3.63, 3.8) is 0 Å². The van der Waals surface area contributed by atoms with Crippen LogP contribution in [0.4, 0.5) is 0 Å². The zero-order valence-corrected chi connectivity index (χ0v) is 7.61. The first-order valence-corrected chi connectivity index (χ1v) is 4.79. The molecule has 3 N–H and O–H groups in total. The molecule has 70 valence electrons. The fourth-order valence-electron chi connectivity index (χ4n) is 1.57. The zero-order valence-electron chi connectivity index (χ0n) is 7.61. The van der Waals surface area contributed by atoms with E-state index in [1.165, 1.54) is 18.4 Å². The lowest BCUT2D eigenvalue weighted by atomic mass is 10.0. The first-order chi connectivity index (χ1) is 6.31. The van der Waals surface area contributed by atoms with E-state index in [2.05, 4.69) is 12.1 Å². The zero-order chi connectivity index (χ0) is 9.26. The Morgan fingerprint density at radius 2 is 2.23 bits per heavy atom. The van der Waals surface area contributed by atoms with Crippen LogP contribution in [0.1, 0.15) is 36.0 Å². The van der Waals surface area contributed by atoms with Crippen LogP contribution in [0.5, 0.6) is 0 Å². The van der Waals surface area contributed by atoms with Gasteiger partial charge in [0.25, 0.3) is 0 Å². The topological polar surface area (TPSA) is 46.2 Å². The van der Waals surface area contributed by atoms with E-state index in [0.717, 1.165) is 11.5 Å². The molecule has 0 aromatic heterocycles. The maximum atomic E-state index is 9.53. The summed E-state index contributed by atoms with van der Waals surface area (Å²) in [5.41, 5.74) is 7.70. The number of nitrogens with two attached hydrogens (primary N) is 1. The molecule has 1 saturated carbocycles. The Morgan fingerprint density at radius 1 is 1.46 bits per heavy atom. The minimum Gasteiger partial charge on any atom is -0.387 e. The Kier molecular flexibility index (Phi) is 2.34. The molecule has 2 heteroatoms. The molecule has 1 fully saturated rings. The molecule has 0 amide bonds. The van der Waals surface area contributed by atoms with Crippen molar-refractivity contribution in [1.29, 1.82) is 0 Å². The molecule has 1 aromatic rings. The highest BCUT2D eigenvalue weighted by atomic mass is 16.3. The molecule has 0 heterocycles. The number of aliphatic hydroxyl groups is 1. The maximum Gasteiger partial charge on any atom is 0.0912 e. The van der Waals surface area contributed by atoms with Gasteiger partial charge in [-0.1, -0.05) is 24.3 Å². The van der Waals surface area contributed by atoms with Crippen LogP contribution in [-0.2, 0) is 0 Å². The summed E-state index contributed by atoms with van der Waals surface area (Å²) < 4.78 is 0. The van der Waals surface area contributed by atoms with E-state index in [-0.39, 0.29) is 0 Å². The molecule has 1 aliphatic carbocycles. The van der Waals surface area contributed by atoms with Crippen LogP contribution in [0, 0.1) is 0 Å². The van der Waals surface area contributed by atoms with Crippen LogP contribution in [0.15, 0.2) is 24.3 Å². The van der Waals surface area contributed by atoms with Gasteiger partial charge in [0.1, 0.15) is 0 Å². The molecule has 0 saturated heterocycles. The first kappa shape index (κ1) is 8.73. The Balaban J connectivity index is 2.21. The highest BCUT2D eigenvalue weighted by molar-refractivity contribution is 5.30. The summed E-state index contributed by atoms with van der Waals surface area (Å²) in [5, 5.41) is 9.53. The van der Waals surface area contributed by atoms with Gasteiger partial charge in [0.15, 0.2) is 0 Å². The monoisotopic (exact) mass is 177 g/mol. The largest absolute Gasteiger partial charge is 0.387 e. The van der Waals surface area contributed by atoms with Gasteiger partial charge < -0.3 is 10.8 Å². The number of hydrogen-bond donors (Lipinski definition) is 2. The summed E-state index contributed by atoms with van der Waals surface area (Å²) in [5.74, 6) is 0.741. The fraction of sp³-hybridized carbons (Fsp3) is 0.455. The van der Waals surface area contributed by atoms with Gasteiger partial charge in [-0.3, -0.25) is 0 Å². The maximum absolute atomic E-state index is 9.53. The van der Waals surface area contributed by atoms with Crippen molar-refractivity contribution in [2.24, 2.45) is 5.73 Å². The van der Waals surface area contributed by atoms with Crippen LogP contribution >= 0.6 is 0 Å². The molecule has 0 radical (unpaired) electrons. The molecular formula is C11H15NO. The lowest BCUT2D eigenvalue weighted by molar-refractivity contribution is 0.186. The normalized spacial score (nSPS) is 18.6.